The molecule has 0 saturated heterocycles. The first-order valence-electron chi connectivity index (χ1n) is 3.48. The van der Waals surface area contributed by atoms with Crippen molar-refractivity contribution in [1.29, 1.82) is 0 Å². The molecule has 16 heavy (non-hydrogen) atoms. The van der Waals surface area contributed by atoms with Crippen LogP contribution < -0.4 is 0 Å². The van der Waals surface area contributed by atoms with Crippen LogP contribution in [0.25, 0.3) is 0 Å². The molecule has 94 valence electrons. The van der Waals surface area contributed by atoms with Gasteiger partial charge in [0, 0.05) is 0 Å². The molecule has 0 aliphatic heterocycles. The Labute approximate surface area is 84.1 Å². The average Bonchev–Trinajstić information content (AvgIpc) is 1.99. The van der Waals surface area contributed by atoms with Crippen molar-refractivity contribution in [2.45, 2.75) is 24.1 Å². The Kier molecular flexibility index (Phi) is 3.50. The van der Waals surface area contributed by atoms with Gasteiger partial charge in [-0.15, -0.1) is 0 Å². The zero-order valence-electron chi connectivity index (χ0n) is 7.26. The van der Waals surface area contributed by atoms with Gasteiger partial charge in [-0.25, -0.2) is 4.79 Å². The zero-order valence-corrected chi connectivity index (χ0v) is 7.26. The molecule has 0 aliphatic carbocycles. The van der Waals surface area contributed by atoms with Crippen molar-refractivity contribution < 1.29 is 46.9 Å². The second-order valence-electron chi connectivity index (χ2n) is 2.81. The number of carbonyl (C=O) groups is 2. The summed E-state index contributed by atoms with van der Waals surface area (Å²) >= 11 is 0. The molecule has 0 saturated carbocycles. The van der Waals surface area contributed by atoms with Gasteiger partial charge in [0.25, 0.3) is 0 Å². The highest BCUT2D eigenvalue weighted by Crippen LogP contribution is 2.45. The van der Waals surface area contributed by atoms with Crippen LogP contribution in [0.4, 0.5) is 22.0 Å². The summed E-state index contributed by atoms with van der Waals surface area (Å²) in [4.78, 5) is 20.1. The molecule has 0 rings (SSSR count). The third kappa shape index (κ3) is 2.21. The highest BCUT2D eigenvalue weighted by atomic mass is 19.4. The minimum Gasteiger partial charge on any atom is -0.481 e. The summed E-state index contributed by atoms with van der Waals surface area (Å²) in [6.07, 6.45) is -8.66. The molecule has 0 amide bonds. The third-order valence-electron chi connectivity index (χ3n) is 1.64. The zero-order chi connectivity index (χ0) is 13.4. The number of halogens is 5. The Morgan fingerprint density at radius 2 is 1.38 bits per heavy atom. The van der Waals surface area contributed by atoms with E-state index in [4.69, 9.17) is 15.3 Å². The van der Waals surface area contributed by atoms with E-state index in [-0.39, 0.29) is 0 Å². The molecule has 10 heteroatoms. The van der Waals surface area contributed by atoms with E-state index in [1.807, 2.05) is 0 Å². The summed E-state index contributed by atoms with van der Waals surface area (Å²) in [6.45, 7) is 0. The van der Waals surface area contributed by atoms with Crippen molar-refractivity contribution in [2.24, 2.45) is 0 Å². The molecule has 1 atom stereocenters. The number of carboxylic acids is 2. The number of aliphatic carboxylic acids is 2. The number of carboxylic acid groups (broad SMARTS) is 2. The lowest BCUT2D eigenvalue weighted by Gasteiger charge is -2.31. The van der Waals surface area contributed by atoms with Gasteiger partial charge < -0.3 is 15.3 Å². The fourth-order valence-electron chi connectivity index (χ4n) is 0.774. The lowest BCUT2D eigenvalue weighted by atomic mass is 9.91. The molecule has 0 aromatic heterocycles. The largest absolute Gasteiger partial charge is 0.481 e. The second-order valence-corrected chi connectivity index (χ2v) is 2.81. The highest BCUT2D eigenvalue weighted by molar-refractivity contribution is 5.85. The SMILES string of the molecule is O=C(O)CC(O)(C(=O)O)C(F)(F)C(F)(F)F. The van der Waals surface area contributed by atoms with Crippen molar-refractivity contribution in [3.8, 4) is 0 Å². The summed E-state index contributed by atoms with van der Waals surface area (Å²) < 4.78 is 60.5. The van der Waals surface area contributed by atoms with Crippen molar-refractivity contribution >= 4 is 11.9 Å². The minimum absolute atomic E-state index is 2.28. The Hall–Kier alpha value is -1.45. The van der Waals surface area contributed by atoms with Gasteiger partial charge in [-0.05, 0) is 0 Å². The van der Waals surface area contributed by atoms with Crippen LogP contribution in [0, 0.1) is 0 Å². The second kappa shape index (κ2) is 3.85. The molecule has 0 aliphatic rings. The molecule has 0 bridgehead atoms. The summed E-state index contributed by atoms with van der Waals surface area (Å²) in [5.41, 5.74) is -4.74. The fraction of sp³-hybridized carbons (Fsp3) is 0.667. The van der Waals surface area contributed by atoms with Gasteiger partial charge in [-0.3, -0.25) is 4.79 Å². The first-order chi connectivity index (χ1) is 6.86. The van der Waals surface area contributed by atoms with Crippen molar-refractivity contribution in [3.63, 3.8) is 0 Å². The quantitative estimate of drug-likeness (QED) is 0.632. The molecule has 5 nitrogen and oxygen atoms in total. The number of hydrogen-bond donors (Lipinski definition) is 3. The maximum absolute atomic E-state index is 12.6. The summed E-state index contributed by atoms with van der Waals surface area (Å²) in [5.74, 6) is -11.4. The van der Waals surface area contributed by atoms with Crippen LogP contribution in [0.2, 0.25) is 0 Å². The van der Waals surface area contributed by atoms with Gasteiger partial charge >= 0.3 is 24.0 Å². The van der Waals surface area contributed by atoms with Gasteiger partial charge in [0.1, 0.15) is 0 Å². The van der Waals surface area contributed by atoms with E-state index >= 15 is 0 Å². The Morgan fingerprint density at radius 3 is 1.56 bits per heavy atom. The standard InChI is InChI=1S/C6H5F5O5/c7-5(8,6(9,10)11)4(16,3(14)15)1-2(12)13/h16H,1H2,(H,12,13)(H,14,15). The Morgan fingerprint density at radius 1 is 1.00 bits per heavy atom. The lowest BCUT2D eigenvalue weighted by molar-refractivity contribution is -0.336. The van der Waals surface area contributed by atoms with Gasteiger partial charge in [-0.1, -0.05) is 0 Å². The third-order valence-corrected chi connectivity index (χ3v) is 1.64. The Bertz CT molecular complexity index is 311. The lowest BCUT2D eigenvalue weighted by Crippen LogP contribution is -2.62. The van der Waals surface area contributed by atoms with E-state index in [0.717, 1.165) is 0 Å². The fourth-order valence-corrected chi connectivity index (χ4v) is 0.774. The predicted octanol–water partition coefficient (Wildman–Crippen LogP) is 0.474. The maximum atomic E-state index is 12.6. The van der Waals surface area contributed by atoms with Gasteiger partial charge in [0.2, 0.25) is 5.60 Å². The van der Waals surface area contributed by atoms with Gasteiger partial charge in [0.05, 0.1) is 6.42 Å². The van der Waals surface area contributed by atoms with E-state index < -0.39 is 36.1 Å². The normalized spacial score (nSPS) is 16.6. The smallest absolute Gasteiger partial charge is 0.457 e. The summed E-state index contributed by atoms with van der Waals surface area (Å²) in [7, 11) is 0. The van der Waals surface area contributed by atoms with Crippen LogP contribution in [-0.4, -0.2) is 45.0 Å². The molecule has 0 spiro atoms. The van der Waals surface area contributed by atoms with Gasteiger partial charge in [0.15, 0.2) is 0 Å². The van der Waals surface area contributed by atoms with Crippen molar-refractivity contribution in [2.75, 3.05) is 0 Å². The van der Waals surface area contributed by atoms with E-state index in [1.54, 1.807) is 0 Å². The predicted molar refractivity (Wildman–Crippen MR) is 35.8 cm³/mol. The van der Waals surface area contributed by atoms with E-state index in [1.165, 1.54) is 0 Å². The topological polar surface area (TPSA) is 94.8 Å². The molecular weight excluding hydrogens is 247 g/mol. The monoisotopic (exact) mass is 252 g/mol. The average molecular weight is 252 g/mol. The van der Waals surface area contributed by atoms with E-state index in [0.29, 0.717) is 0 Å². The molecular formula is C6H5F5O5. The van der Waals surface area contributed by atoms with Crippen LogP contribution in [0.1, 0.15) is 6.42 Å². The summed E-state index contributed by atoms with van der Waals surface area (Å²) in [6, 6.07) is 0. The van der Waals surface area contributed by atoms with Gasteiger partial charge in [-0.2, -0.15) is 22.0 Å². The number of hydrogen-bond acceptors (Lipinski definition) is 3. The summed E-state index contributed by atoms with van der Waals surface area (Å²) in [5, 5.41) is 24.8. The maximum Gasteiger partial charge on any atom is 0.457 e. The molecule has 0 radical (unpaired) electrons. The Balaban J connectivity index is 5.53. The van der Waals surface area contributed by atoms with E-state index in [2.05, 4.69) is 0 Å². The van der Waals surface area contributed by atoms with Crippen LogP contribution >= 0.6 is 0 Å². The molecule has 0 heterocycles. The number of rotatable bonds is 4. The van der Waals surface area contributed by atoms with Crippen LogP contribution in [0.3, 0.4) is 0 Å². The molecule has 0 aromatic carbocycles. The molecule has 3 N–H and O–H groups in total. The minimum atomic E-state index is -6.38. The van der Waals surface area contributed by atoms with E-state index in [9.17, 15) is 31.5 Å². The highest BCUT2D eigenvalue weighted by Gasteiger charge is 2.74. The molecule has 1 unspecified atom stereocenters. The van der Waals surface area contributed by atoms with Crippen LogP contribution in [-0.2, 0) is 9.59 Å². The van der Waals surface area contributed by atoms with Crippen molar-refractivity contribution in [3.05, 3.63) is 0 Å². The number of alkyl halides is 5. The molecule has 0 aromatic rings. The molecule has 0 fully saturated rings. The van der Waals surface area contributed by atoms with Crippen LogP contribution in [0.15, 0.2) is 0 Å². The van der Waals surface area contributed by atoms with Crippen molar-refractivity contribution in [1.82, 2.24) is 0 Å². The first kappa shape index (κ1) is 14.5. The number of aliphatic hydroxyl groups is 1. The first-order valence-corrected chi connectivity index (χ1v) is 3.48. The van der Waals surface area contributed by atoms with Crippen LogP contribution in [0.5, 0.6) is 0 Å².